The number of rotatable bonds is 2. The molecule has 0 aromatic carbocycles. The third kappa shape index (κ3) is 6.82. The molecular weight excluding hydrogens is 160 g/mol. The Kier molecular flexibility index (Phi) is 5.73. The van der Waals surface area contributed by atoms with Crippen molar-refractivity contribution in [3.63, 3.8) is 0 Å². The lowest BCUT2D eigenvalue weighted by Gasteiger charge is -1.85. The highest BCUT2D eigenvalue weighted by atomic mass is 16.4. The highest BCUT2D eigenvalue weighted by Crippen LogP contribution is 1.98. The van der Waals surface area contributed by atoms with Crippen molar-refractivity contribution in [3.8, 4) is 0 Å². The van der Waals surface area contributed by atoms with Crippen LogP contribution in [0.25, 0.3) is 0 Å². The van der Waals surface area contributed by atoms with Crippen LogP contribution in [0.5, 0.6) is 0 Å². The van der Waals surface area contributed by atoms with Gasteiger partial charge in [-0.05, 0) is 12.1 Å². The Balaban J connectivity index is 0.000000261. The second-order valence-electron chi connectivity index (χ2n) is 2.07. The van der Waals surface area contributed by atoms with E-state index in [0.717, 1.165) is 12.7 Å². The van der Waals surface area contributed by atoms with Gasteiger partial charge in [-0.2, -0.15) is 0 Å². The standard InChI is InChI=1S/C6H8O2.C2H4O2/c7-4-3-6-2-1-5-8-6;1-2(3)4/h1-2,5,7H,3-4H2;1H3,(H,3,4). The summed E-state index contributed by atoms with van der Waals surface area (Å²) in [5, 5.41) is 15.8. The minimum absolute atomic E-state index is 0.160. The third-order valence-corrected chi connectivity index (χ3v) is 0.938. The van der Waals surface area contributed by atoms with Gasteiger partial charge in [0.15, 0.2) is 0 Å². The fourth-order valence-electron chi connectivity index (χ4n) is 0.565. The van der Waals surface area contributed by atoms with E-state index in [4.69, 9.17) is 19.4 Å². The predicted octanol–water partition coefficient (Wildman–Crippen LogP) is 0.905. The Bertz CT molecular complexity index is 199. The van der Waals surface area contributed by atoms with Gasteiger partial charge < -0.3 is 14.6 Å². The average Bonchev–Trinajstić information content (AvgIpc) is 2.39. The summed E-state index contributed by atoms with van der Waals surface area (Å²) in [6.45, 7) is 1.24. The number of hydrogen-bond donors (Lipinski definition) is 2. The number of carboxylic acids is 1. The first kappa shape index (κ1) is 10.7. The molecule has 1 rings (SSSR count). The summed E-state index contributed by atoms with van der Waals surface area (Å²) >= 11 is 0. The first-order valence-electron chi connectivity index (χ1n) is 3.49. The lowest BCUT2D eigenvalue weighted by molar-refractivity contribution is -0.134. The molecule has 0 saturated carbocycles. The number of hydrogen-bond acceptors (Lipinski definition) is 3. The maximum Gasteiger partial charge on any atom is 0.300 e. The van der Waals surface area contributed by atoms with E-state index in [0.29, 0.717) is 6.42 Å². The maximum atomic E-state index is 9.00. The van der Waals surface area contributed by atoms with E-state index in [9.17, 15) is 0 Å². The topological polar surface area (TPSA) is 70.7 Å². The normalized spacial score (nSPS) is 8.50. The van der Waals surface area contributed by atoms with Gasteiger partial charge in [-0.1, -0.05) is 0 Å². The van der Waals surface area contributed by atoms with Crippen LogP contribution in [-0.2, 0) is 11.2 Å². The number of carbonyl (C=O) groups is 1. The Hall–Kier alpha value is -1.29. The van der Waals surface area contributed by atoms with Gasteiger partial charge in [-0.25, -0.2) is 0 Å². The van der Waals surface area contributed by atoms with Gasteiger partial charge in [-0.3, -0.25) is 4.79 Å². The molecule has 1 heterocycles. The molecular formula is C8H12O4. The zero-order valence-electron chi connectivity index (χ0n) is 6.86. The summed E-state index contributed by atoms with van der Waals surface area (Å²) < 4.78 is 4.91. The van der Waals surface area contributed by atoms with Gasteiger partial charge in [0.2, 0.25) is 0 Å². The molecule has 0 spiro atoms. The van der Waals surface area contributed by atoms with E-state index in [2.05, 4.69) is 0 Å². The van der Waals surface area contributed by atoms with E-state index in [1.807, 2.05) is 12.1 Å². The summed E-state index contributed by atoms with van der Waals surface area (Å²) in [5.41, 5.74) is 0. The average molecular weight is 172 g/mol. The van der Waals surface area contributed by atoms with Crippen LogP contribution in [-0.4, -0.2) is 22.8 Å². The Morgan fingerprint density at radius 3 is 2.58 bits per heavy atom. The second-order valence-corrected chi connectivity index (χ2v) is 2.07. The number of carboxylic acid groups (broad SMARTS) is 1. The van der Waals surface area contributed by atoms with Crippen molar-refractivity contribution in [2.24, 2.45) is 0 Å². The van der Waals surface area contributed by atoms with Gasteiger partial charge >= 0.3 is 0 Å². The quantitative estimate of drug-likeness (QED) is 0.695. The molecule has 0 bridgehead atoms. The van der Waals surface area contributed by atoms with Crippen molar-refractivity contribution in [1.82, 2.24) is 0 Å². The van der Waals surface area contributed by atoms with Crippen LogP contribution in [0.3, 0.4) is 0 Å². The molecule has 1 aromatic heterocycles. The van der Waals surface area contributed by atoms with Crippen molar-refractivity contribution in [3.05, 3.63) is 24.2 Å². The van der Waals surface area contributed by atoms with Crippen LogP contribution in [0, 0.1) is 0 Å². The molecule has 0 saturated heterocycles. The van der Waals surface area contributed by atoms with Crippen LogP contribution in [0.2, 0.25) is 0 Å². The van der Waals surface area contributed by atoms with Crippen molar-refractivity contribution < 1.29 is 19.4 Å². The lowest BCUT2D eigenvalue weighted by Crippen LogP contribution is -1.85. The highest BCUT2D eigenvalue weighted by molar-refractivity contribution is 5.62. The van der Waals surface area contributed by atoms with Gasteiger partial charge in [-0.15, -0.1) is 0 Å². The zero-order chi connectivity index (χ0) is 9.40. The molecule has 0 atom stereocenters. The van der Waals surface area contributed by atoms with Gasteiger partial charge in [0.1, 0.15) is 5.76 Å². The Morgan fingerprint density at radius 1 is 1.67 bits per heavy atom. The molecule has 0 amide bonds. The van der Waals surface area contributed by atoms with E-state index in [1.165, 1.54) is 0 Å². The Morgan fingerprint density at radius 2 is 2.25 bits per heavy atom. The van der Waals surface area contributed by atoms with E-state index < -0.39 is 5.97 Å². The Labute approximate surface area is 70.4 Å². The summed E-state index contributed by atoms with van der Waals surface area (Å²) in [6.07, 6.45) is 2.22. The molecule has 0 unspecified atom stereocenters. The zero-order valence-corrected chi connectivity index (χ0v) is 6.86. The van der Waals surface area contributed by atoms with Crippen LogP contribution >= 0.6 is 0 Å². The first-order chi connectivity index (χ1) is 5.66. The summed E-state index contributed by atoms with van der Waals surface area (Å²) in [7, 11) is 0. The molecule has 12 heavy (non-hydrogen) atoms. The molecule has 0 aliphatic heterocycles. The summed E-state index contributed by atoms with van der Waals surface area (Å²) in [5.74, 6) is 0.00694. The minimum atomic E-state index is -0.833. The van der Waals surface area contributed by atoms with Crippen molar-refractivity contribution >= 4 is 5.97 Å². The highest BCUT2D eigenvalue weighted by Gasteiger charge is 1.89. The lowest BCUT2D eigenvalue weighted by atomic mass is 10.3. The predicted molar refractivity (Wildman–Crippen MR) is 42.8 cm³/mol. The van der Waals surface area contributed by atoms with Crippen molar-refractivity contribution in [2.45, 2.75) is 13.3 Å². The number of aliphatic hydroxyl groups is 1. The SMILES string of the molecule is CC(=O)O.OCCc1ccco1. The van der Waals surface area contributed by atoms with E-state index in [-0.39, 0.29) is 6.61 Å². The van der Waals surface area contributed by atoms with E-state index >= 15 is 0 Å². The fourth-order valence-corrected chi connectivity index (χ4v) is 0.565. The third-order valence-electron chi connectivity index (χ3n) is 0.938. The summed E-state index contributed by atoms with van der Waals surface area (Å²) in [6, 6.07) is 3.65. The van der Waals surface area contributed by atoms with Gasteiger partial charge in [0.25, 0.3) is 5.97 Å². The first-order valence-corrected chi connectivity index (χ1v) is 3.49. The monoisotopic (exact) mass is 172 g/mol. The second kappa shape index (κ2) is 6.42. The fraction of sp³-hybridized carbons (Fsp3) is 0.375. The van der Waals surface area contributed by atoms with Gasteiger partial charge in [0, 0.05) is 13.3 Å². The smallest absolute Gasteiger partial charge is 0.300 e. The maximum absolute atomic E-state index is 9.00. The molecule has 1 aromatic rings. The molecule has 4 nitrogen and oxygen atoms in total. The molecule has 4 heteroatoms. The number of aliphatic hydroxyl groups excluding tert-OH is 1. The van der Waals surface area contributed by atoms with Crippen molar-refractivity contribution in [1.29, 1.82) is 0 Å². The number of furan rings is 1. The van der Waals surface area contributed by atoms with Crippen LogP contribution in [0.15, 0.2) is 22.8 Å². The van der Waals surface area contributed by atoms with Crippen molar-refractivity contribution in [2.75, 3.05) is 6.61 Å². The summed E-state index contributed by atoms with van der Waals surface area (Å²) in [4.78, 5) is 9.00. The molecule has 0 aliphatic rings. The molecule has 0 radical (unpaired) electrons. The minimum Gasteiger partial charge on any atom is -0.481 e. The largest absolute Gasteiger partial charge is 0.481 e. The van der Waals surface area contributed by atoms with Crippen LogP contribution in [0.4, 0.5) is 0 Å². The number of aliphatic carboxylic acids is 1. The van der Waals surface area contributed by atoms with Gasteiger partial charge in [0.05, 0.1) is 12.9 Å². The molecule has 0 aliphatic carbocycles. The molecule has 2 N–H and O–H groups in total. The van der Waals surface area contributed by atoms with E-state index in [1.54, 1.807) is 6.26 Å². The molecule has 0 fully saturated rings. The van der Waals surface area contributed by atoms with Crippen LogP contribution in [0.1, 0.15) is 12.7 Å². The molecule has 68 valence electrons. The van der Waals surface area contributed by atoms with Crippen LogP contribution < -0.4 is 0 Å².